The lowest BCUT2D eigenvalue weighted by Crippen LogP contribution is -2.53. The third-order valence-corrected chi connectivity index (χ3v) is 10.4. The van der Waals surface area contributed by atoms with E-state index in [1.54, 1.807) is 0 Å². The molecular weight excluding hydrogens is 560 g/mol. The van der Waals surface area contributed by atoms with Gasteiger partial charge in [0.1, 0.15) is 17.3 Å². The summed E-state index contributed by atoms with van der Waals surface area (Å²) in [5.74, 6) is -9.70. The van der Waals surface area contributed by atoms with Crippen molar-refractivity contribution < 1.29 is 86.1 Å². The van der Waals surface area contributed by atoms with Crippen molar-refractivity contribution in [2.24, 2.45) is 0 Å². The standard InChI is InChI=1S/C6H21NO18P6/c8-26(9,10)1-4(29(17,18)19)7(5(30(20,21)22)2-27(11,12)13)6(31(23,24)25)3-28(14,15)16/h4-6H,1-3H2,(H2,8,9,10)(H2,11,12,13)(H2,14,15,16)(H2,17,18,19)(H2,20,21,22)(H2,23,24,25). The maximum Gasteiger partial charge on any atom is 0.343 e. The van der Waals surface area contributed by atoms with Crippen molar-refractivity contribution in [2.75, 3.05) is 18.5 Å². The molecule has 0 saturated carbocycles. The molecule has 0 aromatic rings. The van der Waals surface area contributed by atoms with Crippen LogP contribution in [0.2, 0.25) is 0 Å². The highest BCUT2D eigenvalue weighted by Gasteiger charge is 2.56. The maximum absolute atomic E-state index is 11.9. The minimum Gasteiger partial charge on any atom is -0.324 e. The molecule has 0 spiro atoms. The second-order valence-electron chi connectivity index (χ2n) is 6.20. The fourth-order valence-electron chi connectivity index (χ4n) is 2.36. The van der Waals surface area contributed by atoms with Gasteiger partial charge >= 0.3 is 45.6 Å². The second kappa shape index (κ2) is 10.2. The smallest absolute Gasteiger partial charge is 0.324 e. The predicted molar refractivity (Wildman–Crippen MR) is 100 cm³/mol. The van der Waals surface area contributed by atoms with Crippen molar-refractivity contribution in [3.05, 3.63) is 0 Å². The van der Waals surface area contributed by atoms with E-state index >= 15 is 0 Å². The summed E-state index contributed by atoms with van der Waals surface area (Å²) in [5.41, 5.74) is 0. The summed E-state index contributed by atoms with van der Waals surface area (Å²) >= 11 is 0. The summed E-state index contributed by atoms with van der Waals surface area (Å²) < 4.78 is 69.6. The van der Waals surface area contributed by atoms with Gasteiger partial charge < -0.3 is 58.7 Å². The lowest BCUT2D eigenvalue weighted by atomic mass is 10.5. The van der Waals surface area contributed by atoms with Crippen LogP contribution in [0.3, 0.4) is 0 Å². The van der Waals surface area contributed by atoms with Crippen LogP contribution >= 0.6 is 45.6 Å². The summed E-state index contributed by atoms with van der Waals surface area (Å²) in [5, 5.41) is 0. The molecule has 0 saturated heterocycles. The molecule has 19 nitrogen and oxygen atoms in total. The average Bonchev–Trinajstić information content (AvgIpc) is 2.37. The van der Waals surface area contributed by atoms with Crippen molar-refractivity contribution in [1.82, 2.24) is 4.90 Å². The number of rotatable bonds is 12. The Morgan fingerprint density at radius 1 is 0.419 bits per heavy atom. The van der Waals surface area contributed by atoms with Crippen LogP contribution in [0.15, 0.2) is 0 Å². The third kappa shape index (κ3) is 12.2. The minimum atomic E-state index is -6.07. The highest BCUT2D eigenvalue weighted by molar-refractivity contribution is 7.58. The molecule has 0 rings (SSSR count). The Labute approximate surface area is 173 Å². The van der Waals surface area contributed by atoms with Crippen molar-refractivity contribution in [3.8, 4) is 0 Å². The van der Waals surface area contributed by atoms with E-state index in [2.05, 4.69) is 0 Å². The summed E-state index contributed by atoms with van der Waals surface area (Å²) in [6.45, 7) is 0. The van der Waals surface area contributed by atoms with Gasteiger partial charge in [-0.15, -0.1) is 0 Å². The maximum atomic E-state index is 11.9. The van der Waals surface area contributed by atoms with Crippen molar-refractivity contribution >= 4 is 45.6 Å². The summed E-state index contributed by atoms with van der Waals surface area (Å²) in [4.78, 5) is 111. The zero-order valence-electron chi connectivity index (χ0n) is 14.8. The first-order valence-corrected chi connectivity index (χ1v) is 17.7. The van der Waals surface area contributed by atoms with E-state index in [0.717, 1.165) is 0 Å². The van der Waals surface area contributed by atoms with Gasteiger partial charge in [0.05, 0.1) is 18.5 Å². The van der Waals surface area contributed by atoms with Gasteiger partial charge in [-0.25, -0.2) is 0 Å². The molecule has 0 bridgehead atoms. The van der Waals surface area contributed by atoms with Gasteiger partial charge in [-0.3, -0.25) is 32.3 Å². The van der Waals surface area contributed by atoms with Crippen molar-refractivity contribution in [3.63, 3.8) is 0 Å². The monoisotopic (exact) mass is 581 g/mol. The van der Waals surface area contributed by atoms with E-state index in [-0.39, 0.29) is 0 Å². The van der Waals surface area contributed by atoms with Gasteiger partial charge in [0, 0.05) is 0 Å². The van der Waals surface area contributed by atoms with Gasteiger partial charge in [-0.1, -0.05) is 0 Å². The van der Waals surface area contributed by atoms with E-state index in [4.69, 9.17) is 29.4 Å². The van der Waals surface area contributed by atoms with Gasteiger partial charge in [-0.05, 0) is 0 Å². The number of hydrogen-bond acceptors (Lipinski definition) is 7. The van der Waals surface area contributed by atoms with Crippen LogP contribution in [-0.4, -0.2) is 99.5 Å². The highest BCUT2D eigenvalue weighted by atomic mass is 31.2. The predicted octanol–water partition coefficient (Wildman–Crippen LogP) is -2.67. The van der Waals surface area contributed by atoms with E-state index in [1.807, 2.05) is 0 Å². The Bertz CT molecular complexity index is 791. The Hall–Kier alpha value is 0.860. The molecule has 31 heavy (non-hydrogen) atoms. The fourth-order valence-corrected chi connectivity index (χ4v) is 11.0. The zero-order valence-corrected chi connectivity index (χ0v) is 20.2. The molecule has 188 valence electrons. The number of hydrogen-bond donors (Lipinski definition) is 12. The van der Waals surface area contributed by atoms with E-state index < -0.39 is 86.3 Å². The van der Waals surface area contributed by atoms with Gasteiger partial charge in [0.25, 0.3) is 0 Å². The second-order valence-corrected chi connectivity index (χ2v) is 16.6. The molecule has 0 fully saturated rings. The van der Waals surface area contributed by atoms with Crippen LogP contribution < -0.4 is 0 Å². The molecule has 0 radical (unpaired) electrons. The Morgan fingerprint density at radius 2 is 0.581 bits per heavy atom. The molecule has 3 unspecified atom stereocenters. The van der Waals surface area contributed by atoms with Crippen molar-refractivity contribution in [2.45, 2.75) is 17.3 Å². The van der Waals surface area contributed by atoms with Crippen LogP contribution in [0.25, 0.3) is 0 Å². The Kier molecular flexibility index (Phi) is 10.5. The van der Waals surface area contributed by atoms with E-state index in [1.165, 1.54) is 0 Å². The molecule has 0 aromatic heterocycles. The van der Waals surface area contributed by atoms with Gasteiger partial charge in [0.2, 0.25) is 0 Å². The normalized spacial score (nSPS) is 18.1. The molecule has 0 heterocycles. The van der Waals surface area contributed by atoms with Gasteiger partial charge in [0.15, 0.2) is 0 Å². The highest BCUT2D eigenvalue weighted by Crippen LogP contribution is 2.62. The SMILES string of the molecule is O=P(O)(O)CC(N(C(CP(=O)(O)O)P(=O)(O)O)C(CP(=O)(O)O)P(=O)(O)O)P(=O)(O)O. The minimum absolute atomic E-state index is 0.709. The Balaban J connectivity index is 7.30. The van der Waals surface area contributed by atoms with Crippen LogP contribution in [0.4, 0.5) is 0 Å². The topological polar surface area (TPSA) is 348 Å². The summed E-state index contributed by atoms with van der Waals surface area (Å²) in [7, 11) is -35.0. The molecule has 0 aliphatic rings. The molecule has 0 aromatic carbocycles. The largest absolute Gasteiger partial charge is 0.343 e. The zero-order chi connectivity index (χ0) is 25.4. The first-order chi connectivity index (χ1) is 13.2. The Morgan fingerprint density at radius 3 is 0.677 bits per heavy atom. The lowest BCUT2D eigenvalue weighted by molar-refractivity contribution is 0.155. The van der Waals surface area contributed by atoms with Crippen LogP contribution in [0.5, 0.6) is 0 Å². The molecule has 0 aliphatic carbocycles. The molecule has 0 aliphatic heterocycles. The number of nitrogens with zero attached hydrogens (tertiary/aromatic N) is 1. The summed E-state index contributed by atoms with van der Waals surface area (Å²) in [6, 6.07) is 0. The molecule has 3 atom stereocenters. The lowest BCUT2D eigenvalue weighted by Gasteiger charge is -2.42. The average molecular weight is 581 g/mol. The molecule has 0 amide bonds. The summed E-state index contributed by atoms with van der Waals surface area (Å²) in [6.07, 6.45) is -6.19. The quantitative estimate of drug-likeness (QED) is 0.105. The molecule has 25 heteroatoms. The van der Waals surface area contributed by atoms with Gasteiger partial charge in [-0.2, -0.15) is 0 Å². The fraction of sp³-hybridized carbons (Fsp3) is 1.00. The third-order valence-electron chi connectivity index (χ3n) is 3.40. The molecule has 12 N–H and O–H groups in total. The van der Waals surface area contributed by atoms with E-state index in [9.17, 15) is 56.8 Å². The first kappa shape index (κ1) is 31.9. The van der Waals surface area contributed by atoms with Crippen LogP contribution in [0.1, 0.15) is 0 Å². The van der Waals surface area contributed by atoms with Crippen LogP contribution in [0, 0.1) is 0 Å². The van der Waals surface area contributed by atoms with Crippen LogP contribution in [-0.2, 0) is 27.4 Å². The van der Waals surface area contributed by atoms with Crippen molar-refractivity contribution in [1.29, 1.82) is 0 Å². The van der Waals surface area contributed by atoms with E-state index in [0.29, 0.717) is 0 Å². The molecular formula is C6H21NO18P6. The first-order valence-electron chi connectivity index (χ1n) is 7.22.